The molecule has 174 valence electrons. The minimum atomic E-state index is -0.487. The summed E-state index contributed by atoms with van der Waals surface area (Å²) >= 11 is 0. The minimum Gasteiger partial charge on any atom is -0.388 e. The third-order valence-corrected chi connectivity index (χ3v) is 5.47. The van der Waals surface area contributed by atoms with Crippen LogP contribution in [0.15, 0.2) is 12.2 Å². The van der Waals surface area contributed by atoms with Crippen LogP contribution in [0, 0.1) is 0 Å². The van der Waals surface area contributed by atoms with Gasteiger partial charge in [-0.15, -0.1) is 0 Å². The highest BCUT2D eigenvalue weighted by atomic mass is 16.5. The van der Waals surface area contributed by atoms with E-state index in [1.54, 1.807) is 7.11 Å². The molecule has 0 aliphatic heterocycles. The Morgan fingerprint density at radius 3 is 1.55 bits per heavy atom. The molecule has 0 aliphatic carbocycles. The van der Waals surface area contributed by atoms with Gasteiger partial charge < -0.3 is 14.6 Å². The fraction of sp³-hybridized carbons (Fsp3) is 0.923. The van der Waals surface area contributed by atoms with Crippen molar-refractivity contribution >= 4 is 0 Å². The molecule has 0 rings (SSSR count). The summed E-state index contributed by atoms with van der Waals surface area (Å²) in [7, 11) is 1.60. The minimum absolute atomic E-state index is 0.356. The van der Waals surface area contributed by atoms with Crippen LogP contribution < -0.4 is 0 Å². The summed E-state index contributed by atoms with van der Waals surface area (Å²) in [5.41, 5.74) is 0. The predicted octanol–water partition coefficient (Wildman–Crippen LogP) is 7.61. The van der Waals surface area contributed by atoms with E-state index in [0.717, 1.165) is 13.0 Å². The maximum atomic E-state index is 9.46. The molecule has 3 nitrogen and oxygen atoms in total. The van der Waals surface area contributed by atoms with Crippen LogP contribution in [0.5, 0.6) is 0 Å². The molecular weight excluding hydrogens is 360 g/mol. The Labute approximate surface area is 182 Å². The largest absolute Gasteiger partial charge is 0.388 e. The van der Waals surface area contributed by atoms with E-state index in [9.17, 15) is 5.11 Å². The van der Waals surface area contributed by atoms with Gasteiger partial charge in [-0.25, -0.2) is 0 Å². The molecule has 1 N–H and O–H groups in total. The lowest BCUT2D eigenvalue weighted by Crippen LogP contribution is -2.21. The molecule has 0 aliphatic rings. The van der Waals surface area contributed by atoms with Gasteiger partial charge in [0.15, 0.2) is 0 Å². The van der Waals surface area contributed by atoms with Crippen molar-refractivity contribution in [2.75, 3.05) is 26.9 Å². The molecular formula is C26H52O3. The van der Waals surface area contributed by atoms with E-state index in [4.69, 9.17) is 9.47 Å². The van der Waals surface area contributed by atoms with Crippen molar-refractivity contribution in [3.05, 3.63) is 12.2 Å². The van der Waals surface area contributed by atoms with Crippen molar-refractivity contribution in [3.8, 4) is 0 Å². The van der Waals surface area contributed by atoms with E-state index in [1.807, 2.05) is 0 Å². The number of rotatable bonds is 24. The summed E-state index contributed by atoms with van der Waals surface area (Å²) in [6, 6.07) is 0. The van der Waals surface area contributed by atoms with Crippen LogP contribution in [0.3, 0.4) is 0 Å². The second-order valence-electron chi connectivity index (χ2n) is 8.54. The summed E-state index contributed by atoms with van der Waals surface area (Å²) in [5, 5.41) is 9.46. The Morgan fingerprint density at radius 2 is 1.07 bits per heavy atom. The van der Waals surface area contributed by atoms with Gasteiger partial charge in [-0.2, -0.15) is 0 Å². The number of ether oxygens (including phenoxy) is 2. The molecule has 0 amide bonds. The van der Waals surface area contributed by atoms with Crippen molar-refractivity contribution in [2.24, 2.45) is 0 Å². The number of hydrogen-bond acceptors (Lipinski definition) is 3. The van der Waals surface area contributed by atoms with Gasteiger partial charge in [-0.3, -0.25) is 0 Å². The summed E-state index contributed by atoms with van der Waals surface area (Å²) in [6.07, 6.45) is 28.7. The van der Waals surface area contributed by atoms with Gasteiger partial charge in [0.2, 0.25) is 0 Å². The van der Waals surface area contributed by atoms with Gasteiger partial charge >= 0.3 is 0 Å². The summed E-state index contributed by atoms with van der Waals surface area (Å²) in [6.45, 7) is 3.79. The molecule has 3 heteroatoms. The monoisotopic (exact) mass is 412 g/mol. The molecule has 0 unspecified atom stereocenters. The van der Waals surface area contributed by atoms with Crippen LogP contribution in [0.4, 0.5) is 0 Å². The highest BCUT2D eigenvalue weighted by Crippen LogP contribution is 2.12. The number of methoxy groups -OCH3 is 1. The van der Waals surface area contributed by atoms with E-state index >= 15 is 0 Å². The first-order valence-corrected chi connectivity index (χ1v) is 12.7. The van der Waals surface area contributed by atoms with E-state index < -0.39 is 6.10 Å². The van der Waals surface area contributed by atoms with Crippen molar-refractivity contribution in [1.29, 1.82) is 0 Å². The van der Waals surface area contributed by atoms with Gasteiger partial charge in [0.1, 0.15) is 6.10 Å². The first kappa shape index (κ1) is 28.6. The Bertz CT molecular complexity index is 317. The van der Waals surface area contributed by atoms with Crippen LogP contribution >= 0.6 is 0 Å². The van der Waals surface area contributed by atoms with Crippen molar-refractivity contribution in [3.63, 3.8) is 0 Å². The average Bonchev–Trinajstić information content (AvgIpc) is 2.72. The van der Waals surface area contributed by atoms with E-state index in [-0.39, 0.29) is 0 Å². The zero-order valence-corrected chi connectivity index (χ0v) is 19.8. The predicted molar refractivity (Wildman–Crippen MR) is 127 cm³/mol. The van der Waals surface area contributed by atoms with Crippen LogP contribution in [0.1, 0.15) is 122 Å². The van der Waals surface area contributed by atoms with Gasteiger partial charge in [0, 0.05) is 13.7 Å². The molecule has 0 aromatic rings. The van der Waals surface area contributed by atoms with E-state index in [2.05, 4.69) is 19.1 Å². The smallest absolute Gasteiger partial charge is 0.101 e. The topological polar surface area (TPSA) is 38.7 Å². The highest BCUT2D eigenvalue weighted by molar-refractivity contribution is 4.81. The van der Waals surface area contributed by atoms with E-state index in [0.29, 0.717) is 13.2 Å². The summed E-state index contributed by atoms with van der Waals surface area (Å²) in [5.74, 6) is 0. The van der Waals surface area contributed by atoms with Crippen molar-refractivity contribution < 1.29 is 14.6 Å². The van der Waals surface area contributed by atoms with Gasteiger partial charge in [0.05, 0.1) is 13.2 Å². The molecule has 0 aromatic carbocycles. The van der Waals surface area contributed by atoms with Crippen LogP contribution in [-0.2, 0) is 9.47 Å². The Kier molecular flexibility index (Phi) is 25.3. The Balaban J connectivity index is 3.10. The van der Waals surface area contributed by atoms with Gasteiger partial charge in [-0.05, 0) is 32.1 Å². The average molecular weight is 413 g/mol. The van der Waals surface area contributed by atoms with Crippen LogP contribution in [0.25, 0.3) is 0 Å². The second-order valence-corrected chi connectivity index (χ2v) is 8.54. The van der Waals surface area contributed by atoms with Crippen molar-refractivity contribution in [1.82, 2.24) is 0 Å². The zero-order chi connectivity index (χ0) is 21.3. The maximum absolute atomic E-state index is 9.46. The molecule has 29 heavy (non-hydrogen) atoms. The molecule has 1 atom stereocenters. The van der Waals surface area contributed by atoms with Crippen molar-refractivity contribution in [2.45, 2.75) is 129 Å². The number of allylic oxidation sites excluding steroid dienone is 2. The normalized spacial score (nSPS) is 12.8. The highest BCUT2D eigenvalue weighted by Gasteiger charge is 2.02. The summed E-state index contributed by atoms with van der Waals surface area (Å²) in [4.78, 5) is 0. The molecule has 0 radical (unpaired) electrons. The van der Waals surface area contributed by atoms with Gasteiger partial charge in [-0.1, -0.05) is 103 Å². The fourth-order valence-electron chi connectivity index (χ4n) is 3.62. The number of hydrogen-bond donors (Lipinski definition) is 1. The maximum Gasteiger partial charge on any atom is 0.101 e. The number of unbranched alkanes of at least 4 members (excludes halogenated alkanes) is 16. The Hall–Kier alpha value is -0.380. The lowest BCUT2D eigenvalue weighted by molar-refractivity contribution is -0.00684. The molecule has 0 saturated carbocycles. The Morgan fingerprint density at radius 1 is 0.621 bits per heavy atom. The van der Waals surface area contributed by atoms with E-state index in [1.165, 1.54) is 109 Å². The molecule has 0 heterocycles. The fourth-order valence-corrected chi connectivity index (χ4v) is 3.62. The quantitative estimate of drug-likeness (QED) is 0.131. The summed E-state index contributed by atoms with van der Waals surface area (Å²) < 4.78 is 10.3. The number of aliphatic hydroxyl groups is 1. The molecule has 0 spiro atoms. The standard InChI is InChI=1S/C26H52O3/c1-3-4-5-6-7-8-9-10-11-12-13-14-15-16-17-18-19-20-21-22-23-29-25-26(27)24-28-2/h13-14,26-27H,3-12,15-25H2,1-2H3/t26-/m0/s1. The molecule has 0 saturated heterocycles. The molecule has 0 aromatic heterocycles. The lowest BCUT2D eigenvalue weighted by atomic mass is 10.1. The first-order valence-electron chi connectivity index (χ1n) is 12.7. The molecule has 0 bridgehead atoms. The van der Waals surface area contributed by atoms with Crippen LogP contribution in [0.2, 0.25) is 0 Å². The third-order valence-electron chi connectivity index (χ3n) is 5.47. The van der Waals surface area contributed by atoms with Crippen LogP contribution in [-0.4, -0.2) is 38.1 Å². The van der Waals surface area contributed by atoms with Gasteiger partial charge in [0.25, 0.3) is 0 Å². The second kappa shape index (κ2) is 25.7. The third kappa shape index (κ3) is 25.6. The lowest BCUT2D eigenvalue weighted by Gasteiger charge is -2.09. The first-order chi connectivity index (χ1) is 14.3. The molecule has 0 fully saturated rings. The SMILES string of the molecule is CCCCCCCCCCCC=CCCCCCCCCCOC[C@@H](O)COC. The number of aliphatic hydroxyl groups excluding tert-OH is 1. The zero-order valence-electron chi connectivity index (χ0n) is 19.8.